The molecule has 7 heteroatoms. The van der Waals surface area contributed by atoms with E-state index in [0.29, 0.717) is 21.2 Å². The predicted molar refractivity (Wildman–Crippen MR) is 87.8 cm³/mol. The van der Waals surface area contributed by atoms with Gasteiger partial charge in [0.2, 0.25) is 0 Å². The van der Waals surface area contributed by atoms with Gasteiger partial charge in [-0.15, -0.1) is 0 Å². The molecule has 0 radical (unpaired) electrons. The molecule has 3 rings (SSSR count). The third-order valence-electron chi connectivity index (χ3n) is 3.00. The Bertz CT molecular complexity index is 900. The zero-order valence-corrected chi connectivity index (χ0v) is 14.2. The highest BCUT2D eigenvalue weighted by Gasteiger charge is 2.15. The van der Waals surface area contributed by atoms with Gasteiger partial charge in [0, 0.05) is 9.86 Å². The van der Waals surface area contributed by atoms with Crippen molar-refractivity contribution in [3.63, 3.8) is 0 Å². The molecule has 0 unspecified atom stereocenters. The number of amides is 1. The fourth-order valence-electron chi connectivity index (χ4n) is 1.99. The quantitative estimate of drug-likeness (QED) is 0.645. The second-order valence-corrected chi connectivity index (χ2v) is 6.29. The SMILES string of the molecule is O=C(NCc1ccco1)c1cc2cc(Br)cc(Br)c2oc1=O. The normalized spacial score (nSPS) is 10.8. The molecule has 0 saturated heterocycles. The van der Waals surface area contributed by atoms with Gasteiger partial charge >= 0.3 is 5.63 Å². The Labute approximate surface area is 141 Å². The van der Waals surface area contributed by atoms with Gasteiger partial charge in [-0.2, -0.15) is 0 Å². The number of hydrogen-bond acceptors (Lipinski definition) is 4. The van der Waals surface area contributed by atoms with Crippen molar-refractivity contribution in [2.24, 2.45) is 0 Å². The smallest absolute Gasteiger partial charge is 0.349 e. The van der Waals surface area contributed by atoms with Gasteiger partial charge in [-0.05, 0) is 46.3 Å². The minimum Gasteiger partial charge on any atom is -0.467 e. The van der Waals surface area contributed by atoms with Crippen molar-refractivity contribution in [3.05, 3.63) is 67.3 Å². The van der Waals surface area contributed by atoms with Crippen LogP contribution in [0.3, 0.4) is 0 Å². The fourth-order valence-corrected chi connectivity index (χ4v) is 3.33. The van der Waals surface area contributed by atoms with Crippen molar-refractivity contribution in [1.29, 1.82) is 0 Å². The summed E-state index contributed by atoms with van der Waals surface area (Å²) in [4.78, 5) is 24.1. The summed E-state index contributed by atoms with van der Waals surface area (Å²) >= 11 is 6.68. The molecule has 2 aromatic heterocycles. The fraction of sp³-hybridized carbons (Fsp3) is 0.0667. The highest BCUT2D eigenvalue weighted by Crippen LogP contribution is 2.27. The molecule has 0 aliphatic rings. The third kappa shape index (κ3) is 3.00. The molecule has 0 atom stereocenters. The molecule has 0 fully saturated rings. The Kier molecular flexibility index (Phi) is 4.17. The van der Waals surface area contributed by atoms with Crippen molar-refractivity contribution in [2.75, 3.05) is 0 Å². The van der Waals surface area contributed by atoms with Crippen LogP contribution < -0.4 is 10.9 Å². The van der Waals surface area contributed by atoms with Crippen LogP contribution in [-0.2, 0) is 6.54 Å². The summed E-state index contributed by atoms with van der Waals surface area (Å²) in [6.45, 7) is 0.200. The van der Waals surface area contributed by atoms with Crippen LogP contribution in [0.1, 0.15) is 16.1 Å². The van der Waals surface area contributed by atoms with E-state index in [9.17, 15) is 9.59 Å². The monoisotopic (exact) mass is 425 g/mol. The second kappa shape index (κ2) is 6.10. The van der Waals surface area contributed by atoms with E-state index in [2.05, 4.69) is 37.2 Å². The number of carbonyl (C=O) groups is 1. The number of fused-ring (bicyclic) bond motifs is 1. The van der Waals surface area contributed by atoms with E-state index >= 15 is 0 Å². The molecule has 1 N–H and O–H groups in total. The van der Waals surface area contributed by atoms with Crippen LogP contribution >= 0.6 is 31.9 Å². The Morgan fingerprint density at radius 3 is 2.77 bits per heavy atom. The first-order valence-corrected chi connectivity index (χ1v) is 7.86. The number of nitrogens with one attached hydrogen (secondary N) is 1. The van der Waals surface area contributed by atoms with Crippen LogP contribution in [-0.4, -0.2) is 5.91 Å². The minimum absolute atomic E-state index is 0.0518. The van der Waals surface area contributed by atoms with Crippen molar-refractivity contribution >= 4 is 48.7 Å². The molecule has 22 heavy (non-hydrogen) atoms. The van der Waals surface area contributed by atoms with Crippen LogP contribution in [0.2, 0.25) is 0 Å². The second-order valence-electron chi connectivity index (χ2n) is 4.52. The van der Waals surface area contributed by atoms with Gasteiger partial charge in [-0.25, -0.2) is 4.79 Å². The number of carbonyl (C=O) groups excluding carboxylic acids is 1. The molecule has 1 aromatic carbocycles. The van der Waals surface area contributed by atoms with Crippen LogP contribution in [0.25, 0.3) is 11.0 Å². The van der Waals surface area contributed by atoms with Crippen LogP contribution in [0.15, 0.2) is 59.2 Å². The summed E-state index contributed by atoms with van der Waals surface area (Å²) < 4.78 is 11.8. The van der Waals surface area contributed by atoms with Gasteiger partial charge in [-0.3, -0.25) is 4.79 Å². The van der Waals surface area contributed by atoms with E-state index in [4.69, 9.17) is 8.83 Å². The lowest BCUT2D eigenvalue weighted by Gasteiger charge is -2.05. The summed E-state index contributed by atoms with van der Waals surface area (Å²) in [5.74, 6) is 0.0900. The van der Waals surface area contributed by atoms with E-state index in [-0.39, 0.29) is 12.1 Å². The van der Waals surface area contributed by atoms with E-state index in [1.165, 1.54) is 12.3 Å². The summed E-state index contributed by atoms with van der Waals surface area (Å²) in [7, 11) is 0. The molecule has 0 bridgehead atoms. The first-order valence-electron chi connectivity index (χ1n) is 6.28. The van der Waals surface area contributed by atoms with Gasteiger partial charge in [0.15, 0.2) is 5.58 Å². The van der Waals surface area contributed by atoms with E-state index in [1.54, 1.807) is 24.3 Å². The van der Waals surface area contributed by atoms with E-state index < -0.39 is 11.5 Å². The van der Waals surface area contributed by atoms with Gasteiger partial charge in [-0.1, -0.05) is 15.9 Å². The Morgan fingerprint density at radius 1 is 1.23 bits per heavy atom. The number of hydrogen-bond donors (Lipinski definition) is 1. The molecule has 0 saturated carbocycles. The first kappa shape index (κ1) is 15.1. The number of rotatable bonds is 3. The maximum Gasteiger partial charge on any atom is 0.349 e. The summed E-state index contributed by atoms with van der Waals surface area (Å²) in [5, 5.41) is 3.26. The predicted octanol–water partition coefficient (Wildman–Crippen LogP) is 3.84. The van der Waals surface area contributed by atoms with Crippen molar-refractivity contribution in [2.45, 2.75) is 6.54 Å². The van der Waals surface area contributed by atoms with Gasteiger partial charge in [0.25, 0.3) is 5.91 Å². The Balaban J connectivity index is 1.94. The lowest BCUT2D eigenvalue weighted by atomic mass is 10.2. The lowest BCUT2D eigenvalue weighted by Crippen LogP contribution is -2.27. The van der Waals surface area contributed by atoms with Crippen molar-refractivity contribution in [1.82, 2.24) is 5.32 Å². The molecule has 0 spiro atoms. The standard InChI is InChI=1S/C15H9Br2NO4/c16-9-4-8-5-11(15(20)22-13(8)12(17)6-9)14(19)18-7-10-2-1-3-21-10/h1-6H,7H2,(H,18,19). The molecule has 0 aliphatic heterocycles. The van der Waals surface area contributed by atoms with Gasteiger partial charge in [0.1, 0.15) is 11.3 Å². The van der Waals surface area contributed by atoms with E-state index in [1.807, 2.05) is 0 Å². The minimum atomic E-state index is -0.688. The maximum atomic E-state index is 12.1. The molecular formula is C15H9Br2NO4. The summed E-state index contributed by atoms with van der Waals surface area (Å²) in [6, 6.07) is 8.50. The number of halogens is 2. The lowest BCUT2D eigenvalue weighted by molar-refractivity contribution is 0.0944. The summed E-state index contributed by atoms with van der Waals surface area (Å²) in [6.07, 6.45) is 1.51. The van der Waals surface area contributed by atoms with Crippen LogP contribution in [0.4, 0.5) is 0 Å². The molecule has 1 amide bonds. The number of furan rings is 1. The Hall–Kier alpha value is -1.86. The average Bonchev–Trinajstić information content (AvgIpc) is 2.98. The molecule has 0 aliphatic carbocycles. The van der Waals surface area contributed by atoms with Crippen LogP contribution in [0, 0.1) is 0 Å². The molecule has 112 valence electrons. The van der Waals surface area contributed by atoms with Gasteiger partial charge < -0.3 is 14.2 Å². The average molecular weight is 427 g/mol. The Morgan fingerprint density at radius 2 is 2.05 bits per heavy atom. The molecule has 3 aromatic rings. The van der Waals surface area contributed by atoms with Crippen molar-refractivity contribution < 1.29 is 13.6 Å². The number of benzene rings is 1. The largest absolute Gasteiger partial charge is 0.467 e. The molecule has 5 nitrogen and oxygen atoms in total. The zero-order valence-electron chi connectivity index (χ0n) is 11.1. The molecule has 2 heterocycles. The van der Waals surface area contributed by atoms with Gasteiger partial charge in [0.05, 0.1) is 17.3 Å². The summed E-state index contributed by atoms with van der Waals surface area (Å²) in [5.41, 5.74) is -0.340. The van der Waals surface area contributed by atoms with Crippen LogP contribution in [0.5, 0.6) is 0 Å². The van der Waals surface area contributed by atoms with E-state index in [0.717, 1.165) is 4.47 Å². The highest BCUT2D eigenvalue weighted by molar-refractivity contribution is 9.11. The maximum absolute atomic E-state index is 12.1. The third-order valence-corrected chi connectivity index (χ3v) is 4.05. The highest BCUT2D eigenvalue weighted by atomic mass is 79.9. The zero-order chi connectivity index (χ0) is 15.7. The topological polar surface area (TPSA) is 72.5 Å². The molecular weight excluding hydrogens is 418 g/mol. The van der Waals surface area contributed by atoms with Crippen molar-refractivity contribution in [3.8, 4) is 0 Å². The first-order chi connectivity index (χ1) is 10.5.